The lowest BCUT2D eigenvalue weighted by molar-refractivity contribution is -0.138. The van der Waals surface area contributed by atoms with E-state index in [1.807, 2.05) is 23.1 Å². The van der Waals surface area contributed by atoms with Gasteiger partial charge in [0.2, 0.25) is 11.8 Å². The predicted molar refractivity (Wildman–Crippen MR) is 123 cm³/mol. The highest BCUT2D eigenvalue weighted by molar-refractivity contribution is 5.92. The molecule has 1 fully saturated rings. The summed E-state index contributed by atoms with van der Waals surface area (Å²) in [5.74, 6) is 0.159. The van der Waals surface area contributed by atoms with E-state index < -0.39 is 0 Å². The number of likely N-dealkylation sites (tertiary alicyclic amines) is 1. The zero-order chi connectivity index (χ0) is 22.3. The number of piperidine rings is 1. The fourth-order valence-corrected chi connectivity index (χ4v) is 4.66. The third-order valence-corrected chi connectivity index (χ3v) is 6.42. The lowest BCUT2D eigenvalue weighted by Gasteiger charge is -2.36. The number of anilines is 1. The first-order valence-corrected chi connectivity index (χ1v) is 11.3. The van der Waals surface area contributed by atoms with E-state index in [1.165, 1.54) is 12.1 Å². The van der Waals surface area contributed by atoms with E-state index in [4.69, 9.17) is 0 Å². The van der Waals surface area contributed by atoms with Crippen molar-refractivity contribution in [2.45, 2.75) is 25.8 Å². The Bertz CT molecular complexity index is 937. The molecule has 0 aliphatic carbocycles. The molecule has 1 atom stereocenters. The Balaban J connectivity index is 1.28. The third kappa shape index (κ3) is 5.82. The minimum atomic E-state index is -0.324. The Hall–Kier alpha value is -2.99. The van der Waals surface area contributed by atoms with Crippen LogP contribution in [0.5, 0.6) is 0 Å². The normalized spacial score (nSPS) is 20.2. The Labute approximate surface area is 188 Å². The number of rotatable bonds is 6. The molecule has 32 heavy (non-hydrogen) atoms. The van der Waals surface area contributed by atoms with Gasteiger partial charge in [-0.1, -0.05) is 42.5 Å². The van der Waals surface area contributed by atoms with E-state index in [9.17, 15) is 14.0 Å². The van der Waals surface area contributed by atoms with E-state index in [0.717, 1.165) is 37.9 Å². The predicted octanol–water partition coefficient (Wildman–Crippen LogP) is 4.08. The summed E-state index contributed by atoms with van der Waals surface area (Å²) in [4.78, 5) is 29.8. The minimum Gasteiger partial charge on any atom is -0.334 e. The highest BCUT2D eigenvalue weighted by atomic mass is 19.1. The fourth-order valence-electron chi connectivity index (χ4n) is 4.66. The first-order chi connectivity index (χ1) is 15.6. The number of carbonyl (C=O) groups is 2. The fraction of sp³-hybridized carbons (Fsp3) is 0.385. The van der Waals surface area contributed by atoms with E-state index in [2.05, 4.69) is 34.5 Å². The Kier molecular flexibility index (Phi) is 7.32. The number of nitrogens with zero attached hydrogens (tertiary/aromatic N) is 2. The molecule has 0 radical (unpaired) electrons. The summed E-state index contributed by atoms with van der Waals surface area (Å²) in [6, 6.07) is 15.9. The van der Waals surface area contributed by atoms with Crippen LogP contribution in [0, 0.1) is 17.7 Å². The highest BCUT2D eigenvalue weighted by Gasteiger charge is 2.34. The van der Waals surface area contributed by atoms with Gasteiger partial charge in [-0.05, 0) is 68.1 Å². The van der Waals surface area contributed by atoms with Crippen LogP contribution in [0.15, 0.2) is 66.7 Å². The molecule has 1 N–H and O–H groups in total. The van der Waals surface area contributed by atoms with Gasteiger partial charge in [-0.2, -0.15) is 0 Å². The number of allylic oxidation sites excluding steroid dienone is 1. The van der Waals surface area contributed by atoms with Gasteiger partial charge in [0.15, 0.2) is 0 Å². The van der Waals surface area contributed by atoms with Gasteiger partial charge in [-0.25, -0.2) is 4.39 Å². The summed E-state index contributed by atoms with van der Waals surface area (Å²) < 4.78 is 13.0. The number of amides is 2. The maximum Gasteiger partial charge on any atom is 0.238 e. The standard InChI is InChI=1S/C26H30FN3O2/c27-22-9-11-23(12-10-22)28-25(31)19-29-16-13-21(14-17-29)24-8-4-5-15-30(26(24)32)18-20-6-2-1-3-7-20/h1-7,9-12,21,24H,8,13-19H2,(H,28,31)/t24-/m1/s1. The molecular weight excluding hydrogens is 405 g/mol. The minimum absolute atomic E-state index is 0.00709. The Morgan fingerprint density at radius 2 is 1.72 bits per heavy atom. The molecule has 168 valence electrons. The van der Waals surface area contributed by atoms with Crippen LogP contribution in [0.3, 0.4) is 0 Å². The van der Waals surface area contributed by atoms with E-state index in [0.29, 0.717) is 31.2 Å². The van der Waals surface area contributed by atoms with Crippen LogP contribution in [-0.2, 0) is 16.1 Å². The first kappa shape index (κ1) is 22.2. The van der Waals surface area contributed by atoms with Gasteiger partial charge in [-0.15, -0.1) is 0 Å². The van der Waals surface area contributed by atoms with Crippen molar-refractivity contribution in [3.63, 3.8) is 0 Å². The molecule has 4 rings (SSSR count). The molecule has 2 aromatic rings. The average molecular weight is 436 g/mol. The smallest absolute Gasteiger partial charge is 0.238 e. The van der Waals surface area contributed by atoms with Gasteiger partial charge >= 0.3 is 0 Å². The van der Waals surface area contributed by atoms with Crippen molar-refractivity contribution in [1.29, 1.82) is 0 Å². The largest absolute Gasteiger partial charge is 0.334 e. The van der Waals surface area contributed by atoms with Crippen LogP contribution < -0.4 is 5.32 Å². The van der Waals surface area contributed by atoms with Crippen molar-refractivity contribution in [3.8, 4) is 0 Å². The van der Waals surface area contributed by atoms with Gasteiger partial charge < -0.3 is 10.2 Å². The summed E-state index contributed by atoms with van der Waals surface area (Å²) in [6.45, 7) is 3.21. The number of carbonyl (C=O) groups excluding carboxylic acids is 2. The molecule has 1 saturated heterocycles. The third-order valence-electron chi connectivity index (χ3n) is 6.42. The SMILES string of the molecule is O=C(CN1CCC([C@H]2CC=CCN(Cc3ccccc3)C2=O)CC1)Nc1ccc(F)cc1. The number of hydrogen-bond acceptors (Lipinski definition) is 3. The molecule has 0 saturated carbocycles. The highest BCUT2D eigenvalue weighted by Crippen LogP contribution is 2.31. The Morgan fingerprint density at radius 1 is 1.00 bits per heavy atom. The van der Waals surface area contributed by atoms with Gasteiger partial charge in [0.1, 0.15) is 5.82 Å². The summed E-state index contributed by atoms with van der Waals surface area (Å²) in [7, 11) is 0. The summed E-state index contributed by atoms with van der Waals surface area (Å²) >= 11 is 0. The summed E-state index contributed by atoms with van der Waals surface area (Å²) in [6.07, 6.45) is 6.87. The maximum atomic E-state index is 13.3. The van der Waals surface area contributed by atoms with Gasteiger partial charge in [0.25, 0.3) is 0 Å². The topological polar surface area (TPSA) is 52.7 Å². The van der Waals surface area contributed by atoms with E-state index in [1.54, 1.807) is 12.1 Å². The zero-order valence-electron chi connectivity index (χ0n) is 18.3. The van der Waals surface area contributed by atoms with Gasteiger partial charge in [0, 0.05) is 24.7 Å². The number of hydrogen-bond donors (Lipinski definition) is 1. The number of halogens is 1. The number of benzene rings is 2. The first-order valence-electron chi connectivity index (χ1n) is 11.3. The molecule has 6 heteroatoms. The van der Waals surface area contributed by atoms with Crippen LogP contribution >= 0.6 is 0 Å². The molecule has 0 bridgehead atoms. The van der Waals surface area contributed by atoms with Crippen LogP contribution in [0.1, 0.15) is 24.8 Å². The molecule has 2 amide bonds. The van der Waals surface area contributed by atoms with Crippen molar-refractivity contribution in [3.05, 3.63) is 78.1 Å². The van der Waals surface area contributed by atoms with Crippen molar-refractivity contribution in [2.24, 2.45) is 11.8 Å². The second kappa shape index (κ2) is 10.6. The molecule has 0 spiro atoms. The molecule has 0 aromatic heterocycles. The summed E-state index contributed by atoms with van der Waals surface area (Å²) in [5, 5.41) is 2.82. The zero-order valence-corrected chi connectivity index (χ0v) is 18.3. The van der Waals surface area contributed by atoms with Crippen LogP contribution in [-0.4, -0.2) is 47.8 Å². The maximum absolute atomic E-state index is 13.3. The van der Waals surface area contributed by atoms with Crippen molar-refractivity contribution in [1.82, 2.24) is 9.80 Å². The Morgan fingerprint density at radius 3 is 2.44 bits per heavy atom. The van der Waals surface area contributed by atoms with Crippen molar-refractivity contribution < 1.29 is 14.0 Å². The molecule has 2 aromatic carbocycles. The lowest BCUT2D eigenvalue weighted by atomic mass is 9.81. The van der Waals surface area contributed by atoms with Crippen molar-refractivity contribution >= 4 is 17.5 Å². The molecule has 2 aliphatic heterocycles. The quantitative estimate of drug-likeness (QED) is 0.696. The molecule has 2 aliphatic rings. The van der Waals surface area contributed by atoms with Crippen LogP contribution in [0.25, 0.3) is 0 Å². The van der Waals surface area contributed by atoms with Gasteiger partial charge in [0.05, 0.1) is 6.54 Å². The summed E-state index contributed by atoms with van der Waals surface area (Å²) in [5.41, 5.74) is 1.75. The van der Waals surface area contributed by atoms with E-state index in [-0.39, 0.29) is 23.5 Å². The van der Waals surface area contributed by atoms with E-state index >= 15 is 0 Å². The van der Waals surface area contributed by atoms with Crippen LogP contribution in [0.2, 0.25) is 0 Å². The molecule has 2 heterocycles. The molecule has 0 unspecified atom stereocenters. The second-order valence-electron chi connectivity index (χ2n) is 8.69. The second-order valence-corrected chi connectivity index (χ2v) is 8.69. The molecule has 5 nitrogen and oxygen atoms in total. The van der Waals surface area contributed by atoms with Gasteiger partial charge in [-0.3, -0.25) is 14.5 Å². The average Bonchev–Trinajstić information content (AvgIpc) is 2.98. The van der Waals surface area contributed by atoms with Crippen molar-refractivity contribution in [2.75, 3.05) is 31.5 Å². The monoisotopic (exact) mass is 435 g/mol. The van der Waals surface area contributed by atoms with Crippen LogP contribution in [0.4, 0.5) is 10.1 Å². The lowest BCUT2D eigenvalue weighted by Crippen LogP contribution is -2.44. The molecular formula is C26H30FN3O2. The number of nitrogens with one attached hydrogen (secondary N) is 1.